The Bertz CT molecular complexity index is 686. The molecule has 1 aromatic heterocycles. The van der Waals surface area contributed by atoms with Gasteiger partial charge >= 0.3 is 5.97 Å². The van der Waals surface area contributed by atoms with Gasteiger partial charge in [0.1, 0.15) is 11.4 Å². The van der Waals surface area contributed by atoms with Crippen LogP contribution in [0.15, 0.2) is 30.3 Å². The molecule has 1 N–H and O–H groups in total. The smallest absolute Gasteiger partial charge is 0.339 e. The molecule has 1 saturated heterocycles. The summed E-state index contributed by atoms with van der Waals surface area (Å²) in [5.41, 5.74) is 1.12. The molecule has 1 fully saturated rings. The molecule has 0 amide bonds. The molecule has 0 spiro atoms. The molecular weight excluding hydrogens is 266 g/mol. The van der Waals surface area contributed by atoms with Crippen molar-refractivity contribution in [2.75, 3.05) is 31.6 Å². The van der Waals surface area contributed by atoms with Gasteiger partial charge in [0.05, 0.1) is 5.52 Å². The van der Waals surface area contributed by atoms with Gasteiger partial charge in [-0.1, -0.05) is 18.2 Å². The Morgan fingerprint density at radius 3 is 2.81 bits per heavy atom. The molecule has 1 aliphatic rings. The lowest BCUT2D eigenvalue weighted by Gasteiger charge is -2.39. The molecular formula is C16H19N3O2. The standard InChI is InChI=1S/C16H19N3O2/c1-11-10-18(2)7-8-19(11)15-13(16(20)21)9-12-5-3-4-6-14(12)17-15/h3-6,9,11H,7-8,10H2,1-2H3,(H,20,21). The van der Waals surface area contributed by atoms with Crippen LogP contribution in [-0.2, 0) is 0 Å². The number of hydrogen-bond donors (Lipinski definition) is 1. The van der Waals surface area contributed by atoms with E-state index in [-0.39, 0.29) is 11.6 Å². The van der Waals surface area contributed by atoms with Crippen molar-refractivity contribution in [1.29, 1.82) is 0 Å². The number of nitrogens with zero attached hydrogens (tertiary/aromatic N) is 3. The van der Waals surface area contributed by atoms with E-state index in [0.717, 1.165) is 30.5 Å². The minimum atomic E-state index is -0.922. The van der Waals surface area contributed by atoms with Crippen LogP contribution in [0.2, 0.25) is 0 Å². The summed E-state index contributed by atoms with van der Waals surface area (Å²) in [7, 11) is 2.08. The van der Waals surface area contributed by atoms with Crippen LogP contribution in [0.5, 0.6) is 0 Å². The Morgan fingerprint density at radius 2 is 2.10 bits per heavy atom. The molecule has 1 aliphatic heterocycles. The van der Waals surface area contributed by atoms with E-state index in [2.05, 4.69) is 28.8 Å². The van der Waals surface area contributed by atoms with Crippen molar-refractivity contribution in [2.24, 2.45) is 0 Å². The van der Waals surface area contributed by atoms with Crippen molar-refractivity contribution in [3.63, 3.8) is 0 Å². The summed E-state index contributed by atoms with van der Waals surface area (Å²) in [6.45, 7) is 4.73. The Labute approximate surface area is 123 Å². The van der Waals surface area contributed by atoms with Gasteiger partial charge in [-0.25, -0.2) is 9.78 Å². The zero-order valence-electron chi connectivity index (χ0n) is 12.3. The molecule has 0 bridgehead atoms. The number of benzene rings is 1. The average molecular weight is 285 g/mol. The molecule has 2 aromatic rings. The third-order valence-corrected chi connectivity index (χ3v) is 4.04. The monoisotopic (exact) mass is 285 g/mol. The van der Waals surface area contributed by atoms with Gasteiger partial charge in [0.2, 0.25) is 0 Å². The van der Waals surface area contributed by atoms with Gasteiger partial charge in [-0.3, -0.25) is 0 Å². The molecule has 3 rings (SSSR count). The first-order chi connectivity index (χ1) is 10.1. The number of piperazine rings is 1. The number of carbonyl (C=O) groups is 1. The van der Waals surface area contributed by atoms with E-state index in [4.69, 9.17) is 0 Å². The van der Waals surface area contributed by atoms with Crippen molar-refractivity contribution in [1.82, 2.24) is 9.88 Å². The zero-order valence-corrected chi connectivity index (χ0v) is 12.3. The molecule has 110 valence electrons. The summed E-state index contributed by atoms with van der Waals surface area (Å²) in [5, 5.41) is 10.4. The van der Waals surface area contributed by atoms with Crippen LogP contribution in [0.4, 0.5) is 5.82 Å². The maximum atomic E-state index is 11.6. The molecule has 21 heavy (non-hydrogen) atoms. The number of carboxylic acid groups (broad SMARTS) is 1. The fourth-order valence-electron chi connectivity index (χ4n) is 2.94. The van der Waals surface area contributed by atoms with E-state index in [1.807, 2.05) is 24.3 Å². The van der Waals surface area contributed by atoms with Crippen molar-refractivity contribution < 1.29 is 9.90 Å². The predicted molar refractivity (Wildman–Crippen MR) is 83.0 cm³/mol. The lowest BCUT2D eigenvalue weighted by Crippen LogP contribution is -2.51. The fourth-order valence-corrected chi connectivity index (χ4v) is 2.94. The minimum absolute atomic E-state index is 0.246. The van der Waals surface area contributed by atoms with Gasteiger partial charge in [0.15, 0.2) is 0 Å². The molecule has 1 atom stereocenters. The normalized spacial score (nSPS) is 19.9. The highest BCUT2D eigenvalue weighted by Gasteiger charge is 2.26. The molecule has 5 heteroatoms. The highest BCUT2D eigenvalue weighted by atomic mass is 16.4. The van der Waals surface area contributed by atoms with Crippen LogP contribution < -0.4 is 4.90 Å². The van der Waals surface area contributed by atoms with Gasteiger partial charge in [-0.05, 0) is 26.1 Å². The van der Waals surface area contributed by atoms with Gasteiger partial charge in [-0.15, -0.1) is 0 Å². The first kappa shape index (κ1) is 13.8. The van der Waals surface area contributed by atoms with Crippen molar-refractivity contribution in [3.05, 3.63) is 35.9 Å². The number of carboxylic acids is 1. The first-order valence-electron chi connectivity index (χ1n) is 7.14. The Balaban J connectivity index is 2.11. The summed E-state index contributed by atoms with van der Waals surface area (Å²) >= 11 is 0. The third-order valence-electron chi connectivity index (χ3n) is 4.04. The van der Waals surface area contributed by atoms with Crippen LogP contribution in [0.3, 0.4) is 0 Å². The van der Waals surface area contributed by atoms with E-state index in [1.165, 1.54) is 0 Å². The van der Waals surface area contributed by atoms with E-state index in [9.17, 15) is 9.90 Å². The fraction of sp³-hybridized carbons (Fsp3) is 0.375. The number of anilines is 1. The minimum Gasteiger partial charge on any atom is -0.478 e. The average Bonchev–Trinajstić information content (AvgIpc) is 2.46. The number of pyridine rings is 1. The van der Waals surface area contributed by atoms with E-state index in [0.29, 0.717) is 5.82 Å². The topological polar surface area (TPSA) is 56.7 Å². The maximum Gasteiger partial charge on any atom is 0.339 e. The number of para-hydroxylation sites is 1. The Hall–Kier alpha value is -2.14. The number of fused-ring (bicyclic) bond motifs is 1. The molecule has 1 unspecified atom stereocenters. The van der Waals surface area contributed by atoms with E-state index < -0.39 is 5.97 Å². The van der Waals surface area contributed by atoms with Gasteiger partial charge < -0.3 is 14.9 Å². The number of aromatic nitrogens is 1. The zero-order chi connectivity index (χ0) is 15.0. The SMILES string of the molecule is CC1CN(C)CCN1c1nc2ccccc2cc1C(=O)O. The molecule has 5 nitrogen and oxygen atoms in total. The summed E-state index contributed by atoms with van der Waals surface area (Å²) in [6.07, 6.45) is 0. The second-order valence-electron chi connectivity index (χ2n) is 5.66. The number of aromatic carboxylic acids is 1. The molecule has 0 aliphatic carbocycles. The summed E-state index contributed by atoms with van der Waals surface area (Å²) in [6, 6.07) is 9.61. The number of hydrogen-bond acceptors (Lipinski definition) is 4. The molecule has 2 heterocycles. The predicted octanol–water partition coefficient (Wildman–Crippen LogP) is 2.07. The van der Waals surface area contributed by atoms with Crippen molar-refractivity contribution in [2.45, 2.75) is 13.0 Å². The summed E-state index contributed by atoms with van der Waals surface area (Å²) in [4.78, 5) is 20.6. The van der Waals surface area contributed by atoms with Gasteiger partial charge in [0.25, 0.3) is 0 Å². The highest BCUT2D eigenvalue weighted by Crippen LogP contribution is 2.26. The number of likely N-dealkylation sites (N-methyl/N-ethyl adjacent to an activating group) is 1. The van der Waals surface area contributed by atoms with E-state index in [1.54, 1.807) is 6.07 Å². The van der Waals surface area contributed by atoms with Crippen molar-refractivity contribution in [3.8, 4) is 0 Å². The second-order valence-corrected chi connectivity index (χ2v) is 5.66. The lowest BCUT2D eigenvalue weighted by atomic mass is 10.1. The van der Waals surface area contributed by atoms with Crippen LogP contribution >= 0.6 is 0 Å². The molecule has 0 radical (unpaired) electrons. The lowest BCUT2D eigenvalue weighted by molar-refractivity contribution is 0.0697. The maximum absolute atomic E-state index is 11.6. The molecule has 0 saturated carbocycles. The third kappa shape index (κ3) is 2.56. The van der Waals surface area contributed by atoms with Crippen LogP contribution in [0, 0.1) is 0 Å². The summed E-state index contributed by atoms with van der Waals surface area (Å²) < 4.78 is 0. The summed E-state index contributed by atoms with van der Waals surface area (Å²) in [5.74, 6) is -0.337. The second kappa shape index (κ2) is 5.33. The first-order valence-corrected chi connectivity index (χ1v) is 7.14. The van der Waals surface area contributed by atoms with Crippen molar-refractivity contribution >= 4 is 22.7 Å². The Morgan fingerprint density at radius 1 is 1.33 bits per heavy atom. The van der Waals surface area contributed by atoms with Crippen LogP contribution in [-0.4, -0.2) is 53.7 Å². The van der Waals surface area contributed by atoms with Gasteiger partial charge in [0, 0.05) is 31.1 Å². The largest absolute Gasteiger partial charge is 0.478 e. The molecule has 1 aromatic carbocycles. The van der Waals surface area contributed by atoms with Gasteiger partial charge in [-0.2, -0.15) is 0 Å². The quantitative estimate of drug-likeness (QED) is 0.915. The number of rotatable bonds is 2. The van der Waals surface area contributed by atoms with E-state index >= 15 is 0 Å². The van der Waals surface area contributed by atoms with Crippen LogP contribution in [0.1, 0.15) is 17.3 Å². The van der Waals surface area contributed by atoms with Crippen LogP contribution in [0.25, 0.3) is 10.9 Å². The highest BCUT2D eigenvalue weighted by molar-refractivity contribution is 5.98. The Kier molecular flexibility index (Phi) is 3.51.